The number of aromatic nitrogens is 3. The molecule has 6 heteroatoms. The maximum atomic E-state index is 11.1. The van der Waals surface area contributed by atoms with Crippen molar-refractivity contribution in [1.29, 1.82) is 0 Å². The van der Waals surface area contributed by atoms with Gasteiger partial charge >= 0.3 is 5.97 Å². The summed E-state index contributed by atoms with van der Waals surface area (Å²) in [5.41, 5.74) is 0.926. The van der Waals surface area contributed by atoms with E-state index in [1.807, 2.05) is 0 Å². The molecule has 0 radical (unpaired) electrons. The number of carbonyl (C=O) groups is 1. The zero-order chi connectivity index (χ0) is 10.8. The van der Waals surface area contributed by atoms with Gasteiger partial charge in [-0.25, -0.2) is 9.78 Å². The summed E-state index contributed by atoms with van der Waals surface area (Å²) in [6.07, 6.45) is 4.78. The van der Waals surface area contributed by atoms with Gasteiger partial charge in [-0.2, -0.15) is 0 Å². The number of fused-ring (bicyclic) bond motifs is 1. The van der Waals surface area contributed by atoms with Crippen LogP contribution in [0.2, 0.25) is 0 Å². The van der Waals surface area contributed by atoms with Crippen LogP contribution in [0.15, 0.2) is 24.8 Å². The van der Waals surface area contributed by atoms with Crippen molar-refractivity contribution >= 4 is 11.6 Å². The Kier molecular flexibility index (Phi) is 2.34. The summed E-state index contributed by atoms with van der Waals surface area (Å²) in [6, 6.07) is 0. The van der Waals surface area contributed by atoms with Crippen LogP contribution < -0.4 is 0 Å². The summed E-state index contributed by atoms with van der Waals surface area (Å²) in [5, 5.41) is 9.62. The second-order valence-electron chi connectivity index (χ2n) is 2.91. The average Bonchev–Trinajstić information content (AvgIpc) is 2.70. The van der Waals surface area contributed by atoms with Crippen LogP contribution in [0.4, 0.5) is 0 Å². The molecule has 0 spiro atoms. The lowest BCUT2D eigenvalue weighted by Gasteiger charge is -2.07. The van der Waals surface area contributed by atoms with E-state index < -0.39 is 12.1 Å². The normalized spacial score (nSPS) is 12.7. The highest BCUT2D eigenvalue weighted by Crippen LogP contribution is 2.15. The number of hydrogen-bond donors (Lipinski definition) is 1. The molecule has 0 aliphatic carbocycles. The third-order valence-electron chi connectivity index (χ3n) is 2.05. The summed E-state index contributed by atoms with van der Waals surface area (Å²) in [6.45, 7) is 0. The van der Waals surface area contributed by atoms with Gasteiger partial charge in [-0.1, -0.05) is 0 Å². The minimum Gasteiger partial charge on any atom is -0.467 e. The van der Waals surface area contributed by atoms with Crippen molar-refractivity contribution in [1.82, 2.24) is 14.4 Å². The fourth-order valence-electron chi connectivity index (χ4n) is 1.30. The van der Waals surface area contributed by atoms with Gasteiger partial charge in [0.15, 0.2) is 11.8 Å². The Labute approximate surface area is 85.2 Å². The Morgan fingerprint density at radius 3 is 3.13 bits per heavy atom. The van der Waals surface area contributed by atoms with E-state index in [0.29, 0.717) is 11.3 Å². The molecule has 2 aromatic rings. The van der Waals surface area contributed by atoms with Gasteiger partial charge in [-0.15, -0.1) is 0 Å². The van der Waals surface area contributed by atoms with Gasteiger partial charge in [0.1, 0.15) is 0 Å². The fraction of sp³-hybridized carbons (Fsp3) is 0.222. The van der Waals surface area contributed by atoms with Gasteiger partial charge in [0.05, 0.1) is 25.2 Å². The zero-order valence-corrected chi connectivity index (χ0v) is 7.99. The minimum absolute atomic E-state index is 0.360. The van der Waals surface area contributed by atoms with Crippen LogP contribution in [0.5, 0.6) is 0 Å². The van der Waals surface area contributed by atoms with Gasteiger partial charge in [-0.3, -0.25) is 9.38 Å². The Morgan fingerprint density at radius 1 is 1.60 bits per heavy atom. The molecule has 1 N–H and O–H groups in total. The lowest BCUT2D eigenvalue weighted by molar-refractivity contribution is -0.151. The SMILES string of the molecule is COC(=O)C(O)c1cnc2cnccn12. The van der Waals surface area contributed by atoms with Crippen LogP contribution in [-0.2, 0) is 9.53 Å². The number of rotatable bonds is 2. The Morgan fingerprint density at radius 2 is 2.40 bits per heavy atom. The summed E-state index contributed by atoms with van der Waals surface area (Å²) in [4.78, 5) is 19.0. The average molecular weight is 207 g/mol. The van der Waals surface area contributed by atoms with E-state index in [9.17, 15) is 9.90 Å². The molecule has 6 nitrogen and oxygen atoms in total. The van der Waals surface area contributed by atoms with Crippen molar-refractivity contribution in [2.75, 3.05) is 7.11 Å². The van der Waals surface area contributed by atoms with Gasteiger partial charge in [-0.05, 0) is 0 Å². The smallest absolute Gasteiger partial charge is 0.341 e. The summed E-state index contributed by atoms with van der Waals surface area (Å²) >= 11 is 0. The number of hydrogen-bond acceptors (Lipinski definition) is 5. The highest BCUT2D eigenvalue weighted by atomic mass is 16.5. The highest BCUT2D eigenvalue weighted by Gasteiger charge is 2.21. The molecule has 0 aromatic carbocycles. The van der Waals surface area contributed by atoms with E-state index in [4.69, 9.17) is 0 Å². The first kappa shape index (κ1) is 9.60. The predicted molar refractivity (Wildman–Crippen MR) is 50.0 cm³/mol. The van der Waals surface area contributed by atoms with Crippen molar-refractivity contribution in [3.8, 4) is 0 Å². The number of aliphatic hydroxyl groups excluding tert-OH is 1. The molecule has 1 atom stereocenters. The monoisotopic (exact) mass is 207 g/mol. The maximum Gasteiger partial charge on any atom is 0.341 e. The zero-order valence-electron chi connectivity index (χ0n) is 7.99. The summed E-state index contributed by atoms with van der Waals surface area (Å²) in [5.74, 6) is -0.714. The van der Waals surface area contributed by atoms with Crippen LogP contribution in [0.25, 0.3) is 5.65 Å². The molecule has 78 valence electrons. The molecule has 0 saturated heterocycles. The van der Waals surface area contributed by atoms with Crippen molar-refractivity contribution in [3.63, 3.8) is 0 Å². The standard InChI is InChI=1S/C9H9N3O3/c1-15-9(14)8(13)6-4-11-7-5-10-2-3-12(6)7/h2-5,8,13H,1H3. The van der Waals surface area contributed by atoms with Crippen molar-refractivity contribution in [2.24, 2.45) is 0 Å². The first-order valence-corrected chi connectivity index (χ1v) is 4.27. The van der Waals surface area contributed by atoms with Gasteiger partial charge < -0.3 is 9.84 Å². The predicted octanol–water partition coefficient (Wildman–Crippen LogP) is -0.0643. The topological polar surface area (TPSA) is 76.7 Å². The Bertz CT molecular complexity index is 494. The molecule has 0 fully saturated rings. The molecule has 0 saturated carbocycles. The molecule has 1 unspecified atom stereocenters. The van der Waals surface area contributed by atoms with Crippen LogP contribution in [0, 0.1) is 0 Å². The molecular weight excluding hydrogens is 198 g/mol. The Balaban J connectivity index is 2.48. The van der Waals surface area contributed by atoms with Gasteiger partial charge in [0, 0.05) is 12.4 Å². The quantitative estimate of drug-likeness (QED) is 0.698. The van der Waals surface area contributed by atoms with Gasteiger partial charge in [0.25, 0.3) is 0 Å². The van der Waals surface area contributed by atoms with E-state index in [-0.39, 0.29) is 0 Å². The summed E-state index contributed by atoms with van der Waals surface area (Å²) in [7, 11) is 1.22. The first-order chi connectivity index (χ1) is 7.24. The number of nitrogens with zero attached hydrogens (tertiary/aromatic N) is 3. The molecule has 15 heavy (non-hydrogen) atoms. The lowest BCUT2D eigenvalue weighted by atomic mass is 10.3. The molecule has 2 rings (SSSR count). The third kappa shape index (κ3) is 1.55. The van der Waals surface area contributed by atoms with Crippen molar-refractivity contribution in [3.05, 3.63) is 30.5 Å². The second-order valence-corrected chi connectivity index (χ2v) is 2.91. The molecule has 2 aromatic heterocycles. The number of methoxy groups -OCH3 is 1. The number of carbonyl (C=O) groups excluding carboxylic acids is 1. The molecule has 0 bridgehead atoms. The number of esters is 1. The maximum absolute atomic E-state index is 11.1. The molecule has 0 aliphatic rings. The minimum atomic E-state index is -1.33. The van der Waals surface area contributed by atoms with E-state index >= 15 is 0 Å². The number of ether oxygens (including phenoxy) is 1. The number of aliphatic hydroxyl groups is 1. The van der Waals surface area contributed by atoms with Crippen molar-refractivity contribution < 1.29 is 14.6 Å². The summed E-state index contributed by atoms with van der Waals surface area (Å²) < 4.78 is 6.02. The molecular formula is C9H9N3O3. The van der Waals surface area contributed by atoms with E-state index in [1.54, 1.807) is 16.8 Å². The van der Waals surface area contributed by atoms with E-state index in [1.165, 1.54) is 19.5 Å². The molecule has 0 amide bonds. The second kappa shape index (κ2) is 3.66. The Hall–Kier alpha value is -1.95. The van der Waals surface area contributed by atoms with E-state index in [0.717, 1.165) is 0 Å². The molecule has 0 aliphatic heterocycles. The van der Waals surface area contributed by atoms with E-state index in [2.05, 4.69) is 14.7 Å². The van der Waals surface area contributed by atoms with Crippen LogP contribution in [0.1, 0.15) is 11.8 Å². The number of imidazole rings is 1. The molecule has 2 heterocycles. The first-order valence-electron chi connectivity index (χ1n) is 4.27. The highest BCUT2D eigenvalue weighted by molar-refractivity contribution is 5.75. The van der Waals surface area contributed by atoms with Crippen LogP contribution in [0.3, 0.4) is 0 Å². The lowest BCUT2D eigenvalue weighted by Crippen LogP contribution is -2.15. The van der Waals surface area contributed by atoms with Gasteiger partial charge in [0.2, 0.25) is 0 Å². The van der Waals surface area contributed by atoms with Crippen molar-refractivity contribution in [2.45, 2.75) is 6.10 Å². The largest absolute Gasteiger partial charge is 0.467 e. The third-order valence-corrected chi connectivity index (χ3v) is 2.05. The van der Waals surface area contributed by atoms with Crippen LogP contribution in [-0.4, -0.2) is 32.6 Å². The van der Waals surface area contributed by atoms with Crippen LogP contribution >= 0.6 is 0 Å². The fourth-order valence-corrected chi connectivity index (χ4v) is 1.30.